The Hall–Kier alpha value is -1.84. The minimum atomic E-state index is -1.04. The molecular formula is C13H15NO3. The van der Waals surface area contributed by atoms with Crippen LogP contribution in [-0.4, -0.2) is 17.0 Å². The lowest BCUT2D eigenvalue weighted by Gasteiger charge is -2.37. The Balaban J connectivity index is 2.30. The largest absolute Gasteiger partial charge is 0.465 e. The lowest BCUT2D eigenvalue weighted by molar-refractivity contribution is -0.121. The van der Waals surface area contributed by atoms with Crippen molar-refractivity contribution >= 4 is 11.9 Å². The van der Waals surface area contributed by atoms with E-state index in [4.69, 9.17) is 5.11 Å². The number of ketones is 1. The number of carbonyl (C=O) groups is 2. The van der Waals surface area contributed by atoms with Crippen LogP contribution in [0.3, 0.4) is 0 Å². The Bertz CT molecular complexity index is 418. The van der Waals surface area contributed by atoms with Crippen LogP contribution in [0, 0.1) is 0 Å². The molecular weight excluding hydrogens is 218 g/mol. The number of amides is 1. The van der Waals surface area contributed by atoms with Crippen LogP contribution in [0.4, 0.5) is 4.79 Å². The summed E-state index contributed by atoms with van der Waals surface area (Å²) in [7, 11) is 0. The Labute approximate surface area is 99.6 Å². The van der Waals surface area contributed by atoms with Crippen molar-refractivity contribution < 1.29 is 14.7 Å². The quantitative estimate of drug-likeness (QED) is 0.823. The lowest BCUT2D eigenvalue weighted by atomic mass is 9.76. The van der Waals surface area contributed by atoms with Crippen LogP contribution in [-0.2, 0) is 10.3 Å². The summed E-state index contributed by atoms with van der Waals surface area (Å²) in [5, 5.41) is 11.6. The van der Waals surface area contributed by atoms with Crippen LogP contribution >= 0.6 is 0 Å². The molecule has 0 saturated heterocycles. The molecule has 4 nitrogen and oxygen atoms in total. The highest BCUT2D eigenvalue weighted by atomic mass is 16.4. The third-order valence-electron chi connectivity index (χ3n) is 3.33. The maximum absolute atomic E-state index is 11.3. The van der Waals surface area contributed by atoms with E-state index in [9.17, 15) is 9.59 Å². The van der Waals surface area contributed by atoms with E-state index >= 15 is 0 Å². The fraction of sp³-hybridized carbons (Fsp3) is 0.385. The second-order valence-corrected chi connectivity index (χ2v) is 4.42. The van der Waals surface area contributed by atoms with Crippen LogP contribution in [0.2, 0.25) is 0 Å². The van der Waals surface area contributed by atoms with Gasteiger partial charge in [-0.3, -0.25) is 4.79 Å². The summed E-state index contributed by atoms with van der Waals surface area (Å²) >= 11 is 0. The molecule has 0 bridgehead atoms. The van der Waals surface area contributed by atoms with Gasteiger partial charge in [0.05, 0.1) is 5.54 Å². The van der Waals surface area contributed by atoms with Gasteiger partial charge in [0.15, 0.2) is 0 Å². The van der Waals surface area contributed by atoms with Crippen LogP contribution in [0.5, 0.6) is 0 Å². The minimum absolute atomic E-state index is 0.212. The van der Waals surface area contributed by atoms with E-state index in [2.05, 4.69) is 5.32 Å². The molecule has 0 spiro atoms. The molecule has 1 fully saturated rings. The first kappa shape index (κ1) is 11.6. The van der Waals surface area contributed by atoms with Crippen molar-refractivity contribution in [3.8, 4) is 0 Å². The minimum Gasteiger partial charge on any atom is -0.465 e. The Morgan fingerprint density at radius 2 is 1.76 bits per heavy atom. The fourth-order valence-corrected chi connectivity index (χ4v) is 2.40. The average molecular weight is 233 g/mol. The van der Waals surface area contributed by atoms with Gasteiger partial charge < -0.3 is 10.4 Å². The summed E-state index contributed by atoms with van der Waals surface area (Å²) in [6.45, 7) is 0. The number of rotatable bonds is 2. The number of carboxylic acid groups (broad SMARTS) is 1. The van der Waals surface area contributed by atoms with E-state index in [1.165, 1.54) is 0 Å². The number of nitrogens with one attached hydrogen (secondary N) is 1. The molecule has 1 aliphatic carbocycles. The summed E-state index contributed by atoms with van der Waals surface area (Å²) in [5.41, 5.74) is 0.343. The maximum Gasteiger partial charge on any atom is 0.405 e. The van der Waals surface area contributed by atoms with Crippen LogP contribution in [0.25, 0.3) is 0 Å². The summed E-state index contributed by atoms with van der Waals surface area (Å²) in [6.07, 6.45) is 0.928. The molecule has 0 aliphatic heterocycles. The molecule has 1 saturated carbocycles. The third kappa shape index (κ3) is 2.46. The highest BCUT2D eigenvalue weighted by molar-refractivity contribution is 5.80. The van der Waals surface area contributed by atoms with Crippen molar-refractivity contribution in [3.05, 3.63) is 35.9 Å². The monoisotopic (exact) mass is 233 g/mol. The van der Waals surface area contributed by atoms with E-state index in [1.54, 1.807) is 0 Å². The molecule has 1 amide bonds. The summed E-state index contributed by atoms with van der Waals surface area (Å²) < 4.78 is 0. The van der Waals surface area contributed by atoms with Gasteiger partial charge in [-0.15, -0.1) is 0 Å². The Morgan fingerprint density at radius 1 is 1.18 bits per heavy atom. The maximum atomic E-state index is 11.3. The zero-order valence-corrected chi connectivity index (χ0v) is 9.48. The number of Topliss-reactive ketones (excluding diaryl/α,β-unsaturated/α-hetero) is 1. The molecule has 0 atom stereocenters. The van der Waals surface area contributed by atoms with Gasteiger partial charge in [0, 0.05) is 12.8 Å². The van der Waals surface area contributed by atoms with Crippen LogP contribution in [0.1, 0.15) is 31.2 Å². The van der Waals surface area contributed by atoms with Crippen molar-refractivity contribution in [1.82, 2.24) is 5.32 Å². The molecule has 1 aromatic carbocycles. The highest BCUT2D eigenvalue weighted by Gasteiger charge is 2.37. The number of hydrogen-bond acceptors (Lipinski definition) is 2. The first-order valence-corrected chi connectivity index (χ1v) is 5.71. The second-order valence-electron chi connectivity index (χ2n) is 4.42. The van der Waals surface area contributed by atoms with Gasteiger partial charge in [-0.05, 0) is 18.4 Å². The Kier molecular flexibility index (Phi) is 3.13. The predicted octanol–water partition coefficient (Wildman–Crippen LogP) is 2.29. The van der Waals surface area contributed by atoms with E-state index in [1.807, 2.05) is 30.3 Å². The van der Waals surface area contributed by atoms with Crippen molar-refractivity contribution in [1.29, 1.82) is 0 Å². The average Bonchev–Trinajstić information content (AvgIpc) is 2.33. The fourth-order valence-electron chi connectivity index (χ4n) is 2.40. The standard InChI is InChI=1S/C13H15NO3/c15-11-6-8-13(9-7-11,14-12(16)17)10-4-2-1-3-5-10/h1-5,14H,6-9H2,(H,16,17). The third-order valence-corrected chi connectivity index (χ3v) is 3.33. The molecule has 90 valence electrons. The lowest BCUT2D eigenvalue weighted by Crippen LogP contribution is -2.47. The second kappa shape index (κ2) is 4.57. The topological polar surface area (TPSA) is 66.4 Å². The number of hydrogen-bond donors (Lipinski definition) is 2. The van der Waals surface area contributed by atoms with Crippen molar-refractivity contribution in [2.24, 2.45) is 0 Å². The smallest absolute Gasteiger partial charge is 0.405 e. The molecule has 0 heterocycles. The molecule has 17 heavy (non-hydrogen) atoms. The molecule has 1 aromatic rings. The number of carbonyl (C=O) groups excluding carboxylic acids is 1. The predicted molar refractivity (Wildman–Crippen MR) is 62.8 cm³/mol. The SMILES string of the molecule is O=C1CCC(NC(=O)O)(c2ccccc2)CC1. The van der Waals surface area contributed by atoms with E-state index < -0.39 is 11.6 Å². The van der Waals surface area contributed by atoms with E-state index in [0.29, 0.717) is 25.7 Å². The van der Waals surface area contributed by atoms with E-state index in [-0.39, 0.29) is 5.78 Å². The van der Waals surface area contributed by atoms with Crippen molar-refractivity contribution in [2.75, 3.05) is 0 Å². The van der Waals surface area contributed by atoms with Gasteiger partial charge in [-0.1, -0.05) is 30.3 Å². The molecule has 0 radical (unpaired) electrons. The normalized spacial score (nSPS) is 18.7. The molecule has 1 aliphatic rings. The molecule has 4 heteroatoms. The van der Waals surface area contributed by atoms with Gasteiger partial charge in [-0.25, -0.2) is 4.79 Å². The molecule has 2 rings (SSSR count). The van der Waals surface area contributed by atoms with Gasteiger partial charge in [0.2, 0.25) is 0 Å². The molecule has 2 N–H and O–H groups in total. The van der Waals surface area contributed by atoms with Crippen LogP contribution in [0.15, 0.2) is 30.3 Å². The molecule has 0 unspecified atom stereocenters. The molecule has 0 aromatic heterocycles. The zero-order valence-electron chi connectivity index (χ0n) is 9.48. The first-order chi connectivity index (χ1) is 8.12. The summed E-state index contributed by atoms with van der Waals surface area (Å²) in [5.74, 6) is 0.212. The number of benzene rings is 1. The van der Waals surface area contributed by atoms with E-state index in [0.717, 1.165) is 5.56 Å². The highest BCUT2D eigenvalue weighted by Crippen LogP contribution is 2.35. The summed E-state index contributed by atoms with van der Waals surface area (Å²) in [6, 6.07) is 9.48. The van der Waals surface area contributed by atoms with Gasteiger partial charge in [-0.2, -0.15) is 0 Å². The van der Waals surface area contributed by atoms with Crippen LogP contribution < -0.4 is 5.32 Å². The summed E-state index contributed by atoms with van der Waals surface area (Å²) in [4.78, 5) is 22.2. The first-order valence-electron chi connectivity index (χ1n) is 5.71. The zero-order chi connectivity index (χ0) is 12.3. The Morgan fingerprint density at radius 3 is 2.29 bits per heavy atom. The van der Waals surface area contributed by atoms with Crippen molar-refractivity contribution in [2.45, 2.75) is 31.2 Å². The van der Waals surface area contributed by atoms with Gasteiger partial charge in [0.1, 0.15) is 5.78 Å². The van der Waals surface area contributed by atoms with Crippen molar-refractivity contribution in [3.63, 3.8) is 0 Å². The van der Waals surface area contributed by atoms with Gasteiger partial charge >= 0.3 is 6.09 Å². The van der Waals surface area contributed by atoms with Gasteiger partial charge in [0.25, 0.3) is 0 Å².